The van der Waals surface area contributed by atoms with Gasteiger partial charge in [0.15, 0.2) is 0 Å². The van der Waals surface area contributed by atoms with Crippen molar-refractivity contribution < 1.29 is 33.7 Å². The van der Waals surface area contributed by atoms with Crippen LogP contribution < -0.4 is 11.1 Å². The Morgan fingerprint density at radius 2 is 1.71 bits per heavy atom. The fourth-order valence-electron chi connectivity index (χ4n) is 5.16. The van der Waals surface area contributed by atoms with Gasteiger partial charge < -0.3 is 31.3 Å². The van der Waals surface area contributed by atoms with Crippen LogP contribution in [0.5, 0.6) is 0 Å². The van der Waals surface area contributed by atoms with E-state index in [-0.39, 0.29) is 37.4 Å². The third-order valence-electron chi connectivity index (χ3n) is 6.83. The van der Waals surface area contributed by atoms with Gasteiger partial charge in [-0.3, -0.25) is 9.59 Å². The van der Waals surface area contributed by atoms with Crippen LogP contribution in [-0.4, -0.2) is 77.0 Å². The molecule has 0 radical (unpaired) electrons. The largest absolute Gasteiger partial charge is 0.394 e. The number of nitrogens with one attached hydrogen (secondary N) is 1. The first kappa shape index (κ1) is 31.6. The molecule has 1 aliphatic rings. The van der Waals surface area contributed by atoms with Crippen LogP contribution >= 0.6 is 0 Å². The second-order valence-corrected chi connectivity index (χ2v) is 10.1. The van der Waals surface area contributed by atoms with Crippen molar-refractivity contribution in [3.63, 3.8) is 0 Å². The molecule has 2 amide bonds. The number of nitrogens with two attached hydrogens (primary N) is 1. The Morgan fingerprint density at radius 1 is 1.11 bits per heavy atom. The molecule has 0 aromatic heterocycles. The van der Waals surface area contributed by atoms with E-state index in [1.807, 2.05) is 13.8 Å². The third kappa shape index (κ3) is 8.17. The fourth-order valence-corrected chi connectivity index (χ4v) is 5.16. The lowest BCUT2D eigenvalue weighted by molar-refractivity contribution is -0.132. The number of primary amides is 1. The summed E-state index contributed by atoms with van der Waals surface area (Å²) in [6, 6.07) is 2.99. The maximum absolute atomic E-state index is 14.0. The molecule has 0 fully saturated rings. The number of carbonyl (C=O) groups excluding carboxylic acids is 2. The summed E-state index contributed by atoms with van der Waals surface area (Å²) >= 11 is 0. The molecule has 0 aliphatic heterocycles. The minimum absolute atomic E-state index is 0.0278. The minimum Gasteiger partial charge on any atom is -0.394 e. The van der Waals surface area contributed by atoms with Crippen molar-refractivity contribution in [1.29, 1.82) is 0 Å². The first-order chi connectivity index (χ1) is 18.0. The number of nitrogens with zero attached hydrogens (tertiary/aromatic N) is 1. The summed E-state index contributed by atoms with van der Waals surface area (Å²) in [4.78, 5) is 28.4. The van der Waals surface area contributed by atoms with Gasteiger partial charge in [-0.2, -0.15) is 0 Å². The third-order valence-corrected chi connectivity index (χ3v) is 6.83. The summed E-state index contributed by atoms with van der Waals surface area (Å²) in [5, 5.41) is 32.9. The van der Waals surface area contributed by atoms with Gasteiger partial charge in [0.05, 0.1) is 24.2 Å². The van der Waals surface area contributed by atoms with E-state index in [4.69, 9.17) is 10.8 Å². The number of rotatable bonds is 15. The van der Waals surface area contributed by atoms with Crippen molar-refractivity contribution in [3.05, 3.63) is 58.7 Å². The zero-order chi connectivity index (χ0) is 28.5. The Bertz CT molecular complexity index is 1010. The highest BCUT2D eigenvalue weighted by atomic mass is 19.1. The number of halogens is 2. The molecule has 10 heteroatoms. The molecule has 2 unspecified atom stereocenters. The summed E-state index contributed by atoms with van der Waals surface area (Å²) < 4.78 is 28.1. The first-order valence-corrected chi connectivity index (χ1v) is 13.1. The molecule has 0 saturated heterocycles. The van der Waals surface area contributed by atoms with Gasteiger partial charge in [-0.05, 0) is 50.3 Å². The fraction of sp³-hybridized carbons (Fsp3) is 0.571. The molecule has 8 nitrogen and oxygen atoms in total. The van der Waals surface area contributed by atoms with Gasteiger partial charge in [-0.1, -0.05) is 31.6 Å². The van der Waals surface area contributed by atoms with E-state index in [9.17, 15) is 28.6 Å². The second kappa shape index (κ2) is 14.5. The van der Waals surface area contributed by atoms with Crippen molar-refractivity contribution >= 4 is 11.8 Å². The summed E-state index contributed by atoms with van der Waals surface area (Å²) in [5.74, 6) is -3.57. The van der Waals surface area contributed by atoms with Crippen LogP contribution in [0.2, 0.25) is 0 Å². The Hall–Kier alpha value is -2.66. The molecule has 1 aromatic rings. The molecular formula is C28H41F2N3O5. The Balaban J connectivity index is 2.52. The average molecular weight is 538 g/mol. The van der Waals surface area contributed by atoms with Gasteiger partial charge >= 0.3 is 0 Å². The van der Waals surface area contributed by atoms with Crippen LogP contribution in [0.25, 0.3) is 0 Å². The molecule has 0 saturated carbocycles. The highest BCUT2D eigenvalue weighted by Gasteiger charge is 2.48. The molecule has 212 valence electrons. The number of allylic oxidation sites excluding steroid dienone is 2. The summed E-state index contributed by atoms with van der Waals surface area (Å²) in [6.45, 7) is 6.14. The molecule has 38 heavy (non-hydrogen) atoms. The number of hydrogen-bond donors (Lipinski definition) is 5. The van der Waals surface area contributed by atoms with Gasteiger partial charge in [0.1, 0.15) is 11.6 Å². The predicted octanol–water partition coefficient (Wildman–Crippen LogP) is 1.82. The van der Waals surface area contributed by atoms with Crippen LogP contribution in [0.3, 0.4) is 0 Å². The van der Waals surface area contributed by atoms with Crippen molar-refractivity contribution in [2.45, 2.75) is 58.7 Å². The normalized spacial score (nSPS) is 19.8. The molecule has 1 aliphatic carbocycles. The highest BCUT2D eigenvalue weighted by Crippen LogP contribution is 2.44. The smallest absolute Gasteiger partial charge is 0.249 e. The molecule has 4 atom stereocenters. The van der Waals surface area contributed by atoms with E-state index >= 15 is 0 Å². The number of aliphatic hydroxyl groups excluding tert-OH is 3. The van der Waals surface area contributed by atoms with E-state index in [0.29, 0.717) is 24.2 Å². The molecule has 0 heterocycles. The van der Waals surface area contributed by atoms with Crippen molar-refractivity contribution in [3.8, 4) is 0 Å². The highest BCUT2D eigenvalue weighted by molar-refractivity contribution is 5.96. The van der Waals surface area contributed by atoms with E-state index in [2.05, 4.69) is 5.32 Å². The van der Waals surface area contributed by atoms with Gasteiger partial charge in [0.2, 0.25) is 11.8 Å². The van der Waals surface area contributed by atoms with Crippen molar-refractivity contribution in [2.75, 3.05) is 32.8 Å². The van der Waals surface area contributed by atoms with Gasteiger partial charge in [0, 0.05) is 43.7 Å². The molecular weight excluding hydrogens is 496 g/mol. The van der Waals surface area contributed by atoms with Crippen LogP contribution in [0.4, 0.5) is 8.78 Å². The van der Waals surface area contributed by atoms with E-state index in [1.54, 1.807) is 24.0 Å². The summed E-state index contributed by atoms with van der Waals surface area (Å²) in [6.07, 6.45) is 2.34. The Kier molecular flexibility index (Phi) is 12.0. The first-order valence-electron chi connectivity index (χ1n) is 13.1. The maximum Gasteiger partial charge on any atom is 0.249 e. The van der Waals surface area contributed by atoms with E-state index < -0.39 is 47.7 Å². The van der Waals surface area contributed by atoms with Crippen LogP contribution in [-0.2, 0) is 16.0 Å². The molecule has 0 bridgehead atoms. The second-order valence-electron chi connectivity index (χ2n) is 10.1. The quantitative estimate of drug-likeness (QED) is 0.232. The SMILES string of the molecule is CCCN(CCC)C(=O)C1=CC(C)=CC(C(N)=O)([C@H](Cc2cc(F)cc(F)c2)[C@@H](O)CNCC(O)CO)C1. The zero-order valence-corrected chi connectivity index (χ0v) is 22.4. The average Bonchev–Trinajstić information content (AvgIpc) is 2.85. The lowest BCUT2D eigenvalue weighted by atomic mass is 9.63. The monoisotopic (exact) mass is 537 g/mol. The van der Waals surface area contributed by atoms with Gasteiger partial charge in [-0.25, -0.2) is 8.78 Å². The molecule has 1 aromatic carbocycles. The van der Waals surface area contributed by atoms with Crippen molar-refractivity contribution in [1.82, 2.24) is 10.2 Å². The van der Waals surface area contributed by atoms with E-state index in [0.717, 1.165) is 31.0 Å². The summed E-state index contributed by atoms with van der Waals surface area (Å²) in [7, 11) is 0. The Labute approximate surface area is 223 Å². The Morgan fingerprint density at radius 3 is 2.24 bits per heavy atom. The maximum atomic E-state index is 14.0. The number of benzene rings is 1. The van der Waals surface area contributed by atoms with Gasteiger partial charge in [0.25, 0.3) is 0 Å². The van der Waals surface area contributed by atoms with Crippen molar-refractivity contribution in [2.24, 2.45) is 17.1 Å². The van der Waals surface area contributed by atoms with Gasteiger partial charge in [-0.15, -0.1) is 0 Å². The van der Waals surface area contributed by atoms with Crippen LogP contribution in [0, 0.1) is 23.0 Å². The summed E-state index contributed by atoms with van der Waals surface area (Å²) in [5.41, 5.74) is 5.65. The lowest BCUT2D eigenvalue weighted by Crippen LogP contribution is -2.52. The topological polar surface area (TPSA) is 136 Å². The molecule has 6 N–H and O–H groups in total. The predicted molar refractivity (Wildman–Crippen MR) is 141 cm³/mol. The molecule has 2 rings (SSSR count). The standard InChI is InChI=1S/C28H41F2N3O5/c1-4-6-33(7-5-2)26(37)20-8-18(3)13-28(14-20,27(31)38)24(25(36)16-32-15-23(35)17-34)11-19-9-21(29)12-22(30)10-19/h8-10,12-13,23-25,32,34-36H,4-7,11,14-17H2,1-3H3,(H2,31,38)/t23?,24-,25+,28?/m1/s1. The number of carbonyl (C=O) groups is 2. The molecule has 0 spiro atoms. The van der Waals surface area contributed by atoms with E-state index in [1.165, 1.54) is 0 Å². The zero-order valence-electron chi connectivity index (χ0n) is 22.4. The van der Waals surface area contributed by atoms with Crippen LogP contribution in [0.1, 0.15) is 45.6 Å². The van der Waals surface area contributed by atoms with Crippen LogP contribution in [0.15, 0.2) is 41.5 Å². The number of hydrogen-bond acceptors (Lipinski definition) is 6. The minimum atomic E-state index is -1.53. The number of amides is 2. The number of aliphatic hydroxyl groups is 3. The lowest BCUT2D eigenvalue weighted by Gasteiger charge is -2.42.